The minimum atomic E-state index is -0.318. The highest BCUT2D eigenvalue weighted by atomic mass is 32.1. The van der Waals surface area contributed by atoms with Crippen LogP contribution in [0, 0.1) is 0 Å². The number of hydrogen-bond acceptors (Lipinski definition) is 4. The maximum absolute atomic E-state index is 12.9. The van der Waals surface area contributed by atoms with E-state index >= 15 is 0 Å². The van der Waals surface area contributed by atoms with Crippen LogP contribution in [0.2, 0.25) is 0 Å². The molecule has 0 aliphatic carbocycles. The Kier molecular flexibility index (Phi) is 5.75. The third-order valence-corrected chi connectivity index (χ3v) is 6.82. The number of thiazole rings is 1. The summed E-state index contributed by atoms with van der Waals surface area (Å²) < 4.78 is 1.19. The first-order valence-corrected chi connectivity index (χ1v) is 11.7. The monoisotopic (exact) mass is 453 g/mol. The molecule has 33 heavy (non-hydrogen) atoms. The molecule has 2 amide bonds. The van der Waals surface area contributed by atoms with Gasteiger partial charge in [0.1, 0.15) is 0 Å². The number of amides is 2. The zero-order valence-corrected chi connectivity index (χ0v) is 19.0. The Morgan fingerprint density at radius 2 is 1.76 bits per heavy atom. The number of anilines is 1. The first kappa shape index (κ1) is 21.1. The minimum absolute atomic E-state index is 0.0854. The summed E-state index contributed by atoms with van der Waals surface area (Å²) in [6.45, 7) is 1.52. The van der Waals surface area contributed by atoms with E-state index in [1.165, 1.54) is 11.6 Å². The Morgan fingerprint density at radius 1 is 1.00 bits per heavy atom. The van der Waals surface area contributed by atoms with E-state index in [-0.39, 0.29) is 24.3 Å². The largest absolute Gasteiger partial charge is 0.326 e. The second kappa shape index (κ2) is 9.00. The van der Waals surface area contributed by atoms with Gasteiger partial charge >= 0.3 is 0 Å². The summed E-state index contributed by atoms with van der Waals surface area (Å²) in [6, 6.07) is 23.6. The molecule has 4 aromatic rings. The second-order valence-electron chi connectivity index (χ2n) is 8.09. The molecule has 1 unspecified atom stereocenters. The molecular weight excluding hydrogens is 430 g/mol. The summed E-state index contributed by atoms with van der Waals surface area (Å²) in [6.07, 6.45) is 4.62. The zero-order chi connectivity index (χ0) is 22.8. The van der Waals surface area contributed by atoms with E-state index in [9.17, 15) is 9.59 Å². The Labute approximate surface area is 196 Å². The predicted octanol–water partition coefficient (Wildman–Crippen LogP) is 5.79. The smallest absolute Gasteiger partial charge is 0.226 e. The van der Waals surface area contributed by atoms with Gasteiger partial charge in [0.25, 0.3) is 0 Å². The third-order valence-electron chi connectivity index (χ3n) is 5.78. The van der Waals surface area contributed by atoms with Gasteiger partial charge in [-0.3, -0.25) is 9.59 Å². The van der Waals surface area contributed by atoms with Gasteiger partial charge in [0.05, 0.1) is 27.7 Å². The molecule has 1 aromatic heterocycles. The van der Waals surface area contributed by atoms with Gasteiger partial charge in [-0.15, -0.1) is 11.3 Å². The highest BCUT2D eigenvalue weighted by molar-refractivity contribution is 7.18. The number of fused-ring (bicyclic) bond motifs is 2. The van der Waals surface area contributed by atoms with Crippen LogP contribution in [0.5, 0.6) is 0 Å². The SMILES string of the molecule is CC(=O)N1C=Cc2ccccc2C1CC(=O)Nc1ccc(Cc2nc3ccccc3s2)cc1. The first-order chi connectivity index (χ1) is 16.1. The van der Waals surface area contributed by atoms with Gasteiger partial charge in [0.15, 0.2) is 0 Å². The molecule has 1 aliphatic heterocycles. The van der Waals surface area contributed by atoms with E-state index in [1.54, 1.807) is 22.4 Å². The van der Waals surface area contributed by atoms with Crippen LogP contribution < -0.4 is 5.32 Å². The van der Waals surface area contributed by atoms with Crippen LogP contribution in [0.3, 0.4) is 0 Å². The Balaban J connectivity index is 1.26. The molecule has 1 atom stereocenters. The van der Waals surface area contributed by atoms with Crippen molar-refractivity contribution < 1.29 is 9.59 Å². The molecule has 164 valence electrons. The van der Waals surface area contributed by atoms with Crippen molar-refractivity contribution in [1.82, 2.24) is 9.88 Å². The minimum Gasteiger partial charge on any atom is -0.326 e. The lowest BCUT2D eigenvalue weighted by Crippen LogP contribution is -2.33. The molecule has 0 fully saturated rings. The fourth-order valence-electron chi connectivity index (χ4n) is 4.18. The molecular formula is C27H23N3O2S. The summed E-state index contributed by atoms with van der Waals surface area (Å²) in [5, 5.41) is 4.05. The summed E-state index contributed by atoms with van der Waals surface area (Å²) in [4.78, 5) is 31.3. The van der Waals surface area contributed by atoms with Gasteiger partial charge in [0, 0.05) is 25.2 Å². The molecule has 1 aliphatic rings. The zero-order valence-electron chi connectivity index (χ0n) is 18.2. The predicted molar refractivity (Wildman–Crippen MR) is 133 cm³/mol. The molecule has 0 radical (unpaired) electrons. The van der Waals surface area contributed by atoms with Crippen LogP contribution >= 0.6 is 11.3 Å². The first-order valence-electron chi connectivity index (χ1n) is 10.9. The fraction of sp³-hybridized carbons (Fsp3) is 0.148. The third kappa shape index (κ3) is 4.56. The number of hydrogen-bond donors (Lipinski definition) is 1. The van der Waals surface area contributed by atoms with E-state index in [1.807, 2.05) is 72.8 Å². The molecule has 5 rings (SSSR count). The highest BCUT2D eigenvalue weighted by Gasteiger charge is 2.28. The van der Waals surface area contributed by atoms with Crippen molar-refractivity contribution in [3.8, 4) is 0 Å². The standard InChI is InChI=1S/C27H23N3O2S/c1-18(31)30-15-14-20-6-2-3-7-22(20)24(30)17-26(32)28-21-12-10-19(11-13-21)16-27-29-23-8-4-5-9-25(23)33-27/h2-15,24H,16-17H2,1H3,(H,28,32). The van der Waals surface area contributed by atoms with Gasteiger partial charge in [-0.25, -0.2) is 4.98 Å². The molecule has 5 nitrogen and oxygen atoms in total. The van der Waals surface area contributed by atoms with Crippen LogP contribution in [-0.4, -0.2) is 21.7 Å². The van der Waals surface area contributed by atoms with E-state index in [0.717, 1.165) is 39.3 Å². The van der Waals surface area contributed by atoms with Crippen LogP contribution in [-0.2, 0) is 16.0 Å². The summed E-state index contributed by atoms with van der Waals surface area (Å²) in [7, 11) is 0. The maximum Gasteiger partial charge on any atom is 0.226 e. The maximum atomic E-state index is 12.9. The van der Waals surface area contributed by atoms with Crippen molar-refractivity contribution in [1.29, 1.82) is 0 Å². The van der Waals surface area contributed by atoms with E-state index in [2.05, 4.69) is 11.4 Å². The van der Waals surface area contributed by atoms with Crippen molar-refractivity contribution >= 4 is 45.1 Å². The molecule has 2 heterocycles. The van der Waals surface area contributed by atoms with Gasteiger partial charge < -0.3 is 10.2 Å². The van der Waals surface area contributed by atoms with Gasteiger partial charge in [-0.05, 0) is 47.0 Å². The van der Waals surface area contributed by atoms with Crippen LogP contribution in [0.4, 0.5) is 5.69 Å². The summed E-state index contributed by atoms with van der Waals surface area (Å²) in [5.41, 5.74) is 4.92. The number of benzene rings is 3. The quantitative estimate of drug-likeness (QED) is 0.416. The van der Waals surface area contributed by atoms with Gasteiger partial charge in [0.2, 0.25) is 11.8 Å². The van der Waals surface area contributed by atoms with Crippen molar-refractivity contribution in [2.24, 2.45) is 0 Å². The summed E-state index contributed by atoms with van der Waals surface area (Å²) in [5.74, 6) is -0.215. The fourth-order valence-corrected chi connectivity index (χ4v) is 5.18. The number of nitrogens with one attached hydrogen (secondary N) is 1. The van der Waals surface area contributed by atoms with Crippen molar-refractivity contribution in [2.45, 2.75) is 25.8 Å². The molecule has 6 heteroatoms. The molecule has 1 N–H and O–H groups in total. The van der Waals surface area contributed by atoms with E-state index in [0.29, 0.717) is 0 Å². The second-order valence-corrected chi connectivity index (χ2v) is 9.20. The molecule has 0 saturated heterocycles. The van der Waals surface area contributed by atoms with E-state index < -0.39 is 0 Å². The molecule has 0 saturated carbocycles. The molecule has 0 spiro atoms. The number of carbonyl (C=O) groups is 2. The lowest BCUT2D eigenvalue weighted by atomic mass is 9.93. The number of para-hydroxylation sites is 1. The molecule has 3 aromatic carbocycles. The summed E-state index contributed by atoms with van der Waals surface area (Å²) >= 11 is 1.70. The molecule has 0 bridgehead atoms. The van der Waals surface area contributed by atoms with Crippen molar-refractivity contribution in [3.05, 3.63) is 101 Å². The number of nitrogens with zero attached hydrogens (tertiary/aromatic N) is 2. The van der Waals surface area contributed by atoms with Crippen LogP contribution in [0.1, 0.15) is 41.1 Å². The average molecular weight is 454 g/mol. The Hall–Kier alpha value is -3.77. The van der Waals surface area contributed by atoms with Crippen molar-refractivity contribution in [3.63, 3.8) is 0 Å². The Morgan fingerprint density at radius 3 is 2.55 bits per heavy atom. The topological polar surface area (TPSA) is 62.3 Å². The van der Waals surface area contributed by atoms with E-state index in [4.69, 9.17) is 4.98 Å². The number of rotatable bonds is 5. The highest BCUT2D eigenvalue weighted by Crippen LogP contribution is 2.33. The number of aromatic nitrogens is 1. The Bertz CT molecular complexity index is 1320. The lowest BCUT2D eigenvalue weighted by Gasteiger charge is -2.32. The number of carbonyl (C=O) groups excluding carboxylic acids is 2. The van der Waals surface area contributed by atoms with Crippen LogP contribution in [0.25, 0.3) is 16.3 Å². The van der Waals surface area contributed by atoms with Gasteiger partial charge in [-0.2, -0.15) is 0 Å². The lowest BCUT2D eigenvalue weighted by molar-refractivity contribution is -0.129. The normalized spacial score (nSPS) is 14.8. The van der Waals surface area contributed by atoms with Crippen LogP contribution in [0.15, 0.2) is 79.0 Å². The average Bonchev–Trinajstić information content (AvgIpc) is 3.22. The van der Waals surface area contributed by atoms with Gasteiger partial charge in [-0.1, -0.05) is 48.5 Å². The van der Waals surface area contributed by atoms with Crippen molar-refractivity contribution in [2.75, 3.05) is 5.32 Å².